The molecule has 6 heteroatoms. The zero-order valence-corrected chi connectivity index (χ0v) is 14.5. The third-order valence-electron chi connectivity index (χ3n) is 4.18. The fourth-order valence-electron chi connectivity index (χ4n) is 2.73. The molecule has 0 aliphatic heterocycles. The predicted octanol–water partition coefficient (Wildman–Crippen LogP) is 1.99. The van der Waals surface area contributed by atoms with Crippen molar-refractivity contribution in [2.75, 3.05) is 0 Å². The summed E-state index contributed by atoms with van der Waals surface area (Å²) in [6, 6.07) is 10.3. The number of aromatic nitrogens is 3. The Morgan fingerprint density at radius 3 is 2.46 bits per heavy atom. The van der Waals surface area contributed by atoms with Crippen molar-refractivity contribution in [3.05, 3.63) is 52.7 Å². The van der Waals surface area contributed by atoms with E-state index >= 15 is 0 Å². The van der Waals surface area contributed by atoms with Gasteiger partial charge in [-0.05, 0) is 39.2 Å². The monoisotopic (exact) mass is 328 g/mol. The first kappa shape index (κ1) is 16.5. The maximum absolute atomic E-state index is 12.7. The second-order valence-electron chi connectivity index (χ2n) is 7.36. The number of carbonyl (C=O) groups is 1. The Morgan fingerprint density at radius 1 is 1.25 bits per heavy atom. The average molecular weight is 328 g/mol. The van der Waals surface area contributed by atoms with Gasteiger partial charge in [0.25, 0.3) is 0 Å². The van der Waals surface area contributed by atoms with Gasteiger partial charge in [-0.15, -0.1) is 0 Å². The lowest BCUT2D eigenvalue weighted by molar-refractivity contribution is -0.133. The van der Waals surface area contributed by atoms with E-state index in [0.29, 0.717) is 12.6 Å². The third kappa shape index (κ3) is 3.58. The smallest absolute Gasteiger partial charge is 0.334 e. The van der Waals surface area contributed by atoms with E-state index in [1.165, 1.54) is 15.6 Å². The number of benzene rings is 1. The average Bonchev–Trinajstić information content (AvgIpc) is 3.29. The lowest BCUT2D eigenvalue weighted by atomic mass is 10.1. The molecule has 0 radical (unpaired) electrons. The van der Waals surface area contributed by atoms with E-state index in [1.807, 2.05) is 56.0 Å². The van der Waals surface area contributed by atoms with Crippen molar-refractivity contribution in [3.63, 3.8) is 0 Å². The van der Waals surface area contributed by atoms with E-state index < -0.39 is 5.54 Å². The molecule has 1 heterocycles. The molecule has 1 aromatic heterocycles. The van der Waals surface area contributed by atoms with E-state index in [-0.39, 0.29) is 18.1 Å². The minimum atomic E-state index is -0.397. The Hall–Kier alpha value is -2.37. The summed E-state index contributed by atoms with van der Waals surface area (Å²) in [5, 5.41) is 4.14. The molecule has 1 aliphatic carbocycles. The topological polar surface area (TPSA) is 60.1 Å². The third-order valence-corrected chi connectivity index (χ3v) is 4.18. The first-order valence-corrected chi connectivity index (χ1v) is 8.34. The number of amides is 1. The van der Waals surface area contributed by atoms with Crippen LogP contribution >= 0.6 is 0 Å². The SMILES string of the molecule is CC(C)(C)n1ncn(CC(=O)N(Cc2ccccc2)C2CC2)c1=O. The molecule has 0 bridgehead atoms. The molecular formula is C18H24N4O2. The first-order valence-electron chi connectivity index (χ1n) is 8.34. The predicted molar refractivity (Wildman–Crippen MR) is 91.5 cm³/mol. The first-order chi connectivity index (χ1) is 11.4. The maximum Gasteiger partial charge on any atom is 0.346 e. The van der Waals surface area contributed by atoms with Gasteiger partial charge in [-0.1, -0.05) is 30.3 Å². The largest absolute Gasteiger partial charge is 0.346 e. The zero-order chi connectivity index (χ0) is 17.3. The van der Waals surface area contributed by atoms with Crippen LogP contribution in [0.4, 0.5) is 0 Å². The quantitative estimate of drug-likeness (QED) is 0.843. The van der Waals surface area contributed by atoms with Crippen LogP contribution in [0.15, 0.2) is 41.5 Å². The highest BCUT2D eigenvalue weighted by Gasteiger charge is 2.33. The highest BCUT2D eigenvalue weighted by molar-refractivity contribution is 5.76. The molecule has 3 rings (SSSR count). The van der Waals surface area contributed by atoms with Crippen LogP contribution in [0.5, 0.6) is 0 Å². The van der Waals surface area contributed by atoms with Crippen molar-refractivity contribution in [1.82, 2.24) is 19.2 Å². The molecule has 1 amide bonds. The van der Waals surface area contributed by atoms with Gasteiger partial charge in [0, 0.05) is 12.6 Å². The number of carbonyl (C=O) groups excluding carboxylic acids is 1. The van der Waals surface area contributed by atoms with Gasteiger partial charge in [-0.25, -0.2) is 9.48 Å². The molecule has 0 N–H and O–H groups in total. The van der Waals surface area contributed by atoms with E-state index in [2.05, 4.69) is 5.10 Å². The summed E-state index contributed by atoms with van der Waals surface area (Å²) in [6.07, 6.45) is 3.53. The zero-order valence-electron chi connectivity index (χ0n) is 14.5. The van der Waals surface area contributed by atoms with Crippen LogP contribution in [-0.4, -0.2) is 31.2 Å². The molecule has 2 aromatic rings. The summed E-state index contributed by atoms with van der Waals surface area (Å²) in [7, 11) is 0. The van der Waals surface area contributed by atoms with Crippen molar-refractivity contribution >= 4 is 5.91 Å². The molecule has 1 aromatic carbocycles. The molecule has 6 nitrogen and oxygen atoms in total. The van der Waals surface area contributed by atoms with Crippen LogP contribution < -0.4 is 5.69 Å². The fraction of sp³-hybridized carbons (Fsp3) is 0.500. The summed E-state index contributed by atoms with van der Waals surface area (Å²) in [5.41, 5.74) is 0.466. The Kier molecular flexibility index (Phi) is 4.30. The van der Waals surface area contributed by atoms with E-state index in [9.17, 15) is 9.59 Å². The Balaban J connectivity index is 1.75. The Labute approximate surface area is 141 Å². The van der Waals surface area contributed by atoms with E-state index in [0.717, 1.165) is 18.4 Å². The Bertz CT molecular complexity index is 766. The molecule has 0 spiro atoms. The van der Waals surface area contributed by atoms with Crippen LogP contribution in [-0.2, 0) is 23.4 Å². The molecule has 1 fully saturated rings. The lowest BCUT2D eigenvalue weighted by Gasteiger charge is -2.22. The van der Waals surface area contributed by atoms with Gasteiger partial charge in [-0.2, -0.15) is 5.10 Å². The molecule has 24 heavy (non-hydrogen) atoms. The van der Waals surface area contributed by atoms with E-state index in [4.69, 9.17) is 0 Å². The number of nitrogens with zero attached hydrogens (tertiary/aromatic N) is 4. The molecule has 0 saturated heterocycles. The maximum atomic E-state index is 12.7. The highest BCUT2D eigenvalue weighted by Crippen LogP contribution is 2.28. The number of rotatable bonds is 5. The van der Waals surface area contributed by atoms with Gasteiger partial charge in [0.2, 0.25) is 5.91 Å². The fourth-order valence-corrected chi connectivity index (χ4v) is 2.73. The Morgan fingerprint density at radius 2 is 1.92 bits per heavy atom. The molecule has 0 unspecified atom stereocenters. The van der Waals surface area contributed by atoms with Crippen LogP contribution in [0, 0.1) is 0 Å². The van der Waals surface area contributed by atoms with Crippen LogP contribution in [0.1, 0.15) is 39.2 Å². The number of hydrogen-bond donors (Lipinski definition) is 0. The van der Waals surface area contributed by atoms with Gasteiger partial charge in [0.15, 0.2) is 0 Å². The minimum Gasteiger partial charge on any atom is -0.334 e. The van der Waals surface area contributed by atoms with Crippen molar-refractivity contribution in [2.24, 2.45) is 0 Å². The second-order valence-corrected chi connectivity index (χ2v) is 7.36. The van der Waals surface area contributed by atoms with Crippen LogP contribution in [0.25, 0.3) is 0 Å². The minimum absolute atomic E-state index is 0.0306. The summed E-state index contributed by atoms with van der Waals surface area (Å²) in [5.74, 6) is -0.0306. The van der Waals surface area contributed by atoms with Crippen LogP contribution in [0.3, 0.4) is 0 Å². The lowest BCUT2D eigenvalue weighted by Crippen LogP contribution is -2.40. The van der Waals surface area contributed by atoms with Crippen LogP contribution in [0.2, 0.25) is 0 Å². The van der Waals surface area contributed by atoms with Crippen molar-refractivity contribution in [3.8, 4) is 0 Å². The molecule has 1 aliphatic rings. The van der Waals surface area contributed by atoms with E-state index in [1.54, 1.807) is 0 Å². The van der Waals surface area contributed by atoms with Gasteiger partial charge in [0.1, 0.15) is 12.9 Å². The summed E-state index contributed by atoms with van der Waals surface area (Å²) in [4.78, 5) is 27.0. The molecule has 1 saturated carbocycles. The summed E-state index contributed by atoms with van der Waals surface area (Å²) in [6.45, 7) is 6.38. The number of hydrogen-bond acceptors (Lipinski definition) is 3. The molecule has 0 atom stereocenters. The summed E-state index contributed by atoms with van der Waals surface area (Å²) >= 11 is 0. The van der Waals surface area contributed by atoms with Gasteiger partial charge in [-0.3, -0.25) is 9.36 Å². The van der Waals surface area contributed by atoms with Gasteiger partial charge >= 0.3 is 5.69 Å². The van der Waals surface area contributed by atoms with Gasteiger partial charge in [0.05, 0.1) is 5.54 Å². The normalized spacial score (nSPS) is 14.6. The molecular weight excluding hydrogens is 304 g/mol. The molecule has 128 valence electrons. The van der Waals surface area contributed by atoms with Crippen molar-refractivity contribution in [1.29, 1.82) is 0 Å². The summed E-state index contributed by atoms with van der Waals surface area (Å²) < 4.78 is 2.81. The van der Waals surface area contributed by atoms with Crippen molar-refractivity contribution < 1.29 is 4.79 Å². The second kappa shape index (κ2) is 6.26. The van der Waals surface area contributed by atoms with Crippen molar-refractivity contribution in [2.45, 2.75) is 58.3 Å². The highest BCUT2D eigenvalue weighted by atomic mass is 16.2. The standard InChI is InChI=1S/C18H24N4O2/c1-18(2,3)22-17(24)20(13-19-22)12-16(23)21(15-9-10-15)11-14-7-5-4-6-8-14/h4-8,13,15H,9-12H2,1-3H3. The van der Waals surface area contributed by atoms with Gasteiger partial charge < -0.3 is 4.90 Å².